The van der Waals surface area contributed by atoms with Gasteiger partial charge < -0.3 is 14.8 Å². The molecule has 0 spiro atoms. The van der Waals surface area contributed by atoms with Crippen LogP contribution in [-0.2, 0) is 11.3 Å². The van der Waals surface area contributed by atoms with Crippen molar-refractivity contribution in [2.45, 2.75) is 6.54 Å². The van der Waals surface area contributed by atoms with Gasteiger partial charge in [-0.25, -0.2) is 0 Å². The first-order chi connectivity index (χ1) is 9.88. The SMILES string of the molecule is C=CCOc1ccc(CNCCN2CCOCC2)cc1.Cl.Cl. The average molecular weight is 349 g/mol. The molecule has 0 atom stereocenters. The van der Waals surface area contributed by atoms with Crippen LogP contribution in [0, 0.1) is 0 Å². The topological polar surface area (TPSA) is 33.7 Å². The van der Waals surface area contributed by atoms with Crippen LogP contribution in [0.5, 0.6) is 5.75 Å². The molecule has 1 aromatic rings. The second-order valence-electron chi connectivity index (χ2n) is 4.87. The second kappa shape index (κ2) is 12.7. The van der Waals surface area contributed by atoms with Gasteiger partial charge in [-0.05, 0) is 17.7 Å². The molecule has 1 heterocycles. The van der Waals surface area contributed by atoms with Crippen molar-refractivity contribution in [3.05, 3.63) is 42.5 Å². The Balaban J connectivity index is 0.00000220. The molecule has 0 aliphatic carbocycles. The zero-order valence-electron chi connectivity index (χ0n) is 12.8. The van der Waals surface area contributed by atoms with E-state index in [1.165, 1.54) is 5.56 Å². The molecule has 22 heavy (non-hydrogen) atoms. The van der Waals surface area contributed by atoms with Gasteiger partial charge in [0.2, 0.25) is 0 Å². The molecule has 4 nitrogen and oxygen atoms in total. The van der Waals surface area contributed by atoms with E-state index in [0.717, 1.165) is 51.7 Å². The Labute approximate surface area is 145 Å². The van der Waals surface area contributed by atoms with Crippen LogP contribution in [0.3, 0.4) is 0 Å². The first-order valence-corrected chi connectivity index (χ1v) is 7.22. The van der Waals surface area contributed by atoms with Gasteiger partial charge in [0, 0.05) is 32.7 Å². The van der Waals surface area contributed by atoms with Crippen LogP contribution in [-0.4, -0.2) is 50.9 Å². The minimum Gasteiger partial charge on any atom is -0.490 e. The Kier molecular flexibility index (Phi) is 12.3. The van der Waals surface area contributed by atoms with Gasteiger partial charge >= 0.3 is 0 Å². The van der Waals surface area contributed by atoms with Crippen molar-refractivity contribution >= 4 is 24.8 Å². The van der Waals surface area contributed by atoms with Crippen LogP contribution >= 0.6 is 24.8 Å². The van der Waals surface area contributed by atoms with Crippen LogP contribution in [0.25, 0.3) is 0 Å². The molecular formula is C16H26Cl2N2O2. The summed E-state index contributed by atoms with van der Waals surface area (Å²) in [6, 6.07) is 8.20. The fourth-order valence-corrected chi connectivity index (χ4v) is 2.15. The summed E-state index contributed by atoms with van der Waals surface area (Å²) in [6.45, 7) is 11.0. The summed E-state index contributed by atoms with van der Waals surface area (Å²) in [7, 11) is 0. The van der Waals surface area contributed by atoms with Gasteiger partial charge in [0.25, 0.3) is 0 Å². The van der Waals surface area contributed by atoms with Crippen LogP contribution in [0.2, 0.25) is 0 Å². The highest BCUT2D eigenvalue weighted by Gasteiger charge is 2.08. The Morgan fingerprint density at radius 3 is 2.50 bits per heavy atom. The summed E-state index contributed by atoms with van der Waals surface area (Å²) in [5.41, 5.74) is 1.28. The van der Waals surface area contributed by atoms with Crippen LogP contribution in [0.1, 0.15) is 5.56 Å². The predicted molar refractivity (Wildman–Crippen MR) is 95.6 cm³/mol. The molecule has 0 amide bonds. The molecule has 1 aliphatic rings. The quantitative estimate of drug-likeness (QED) is 0.578. The molecule has 2 rings (SSSR count). The maximum atomic E-state index is 5.46. The third kappa shape index (κ3) is 8.01. The van der Waals surface area contributed by atoms with E-state index < -0.39 is 0 Å². The monoisotopic (exact) mass is 348 g/mol. The van der Waals surface area contributed by atoms with Crippen molar-refractivity contribution in [1.82, 2.24) is 10.2 Å². The lowest BCUT2D eigenvalue weighted by atomic mass is 10.2. The molecular weight excluding hydrogens is 323 g/mol. The highest BCUT2D eigenvalue weighted by atomic mass is 35.5. The summed E-state index contributed by atoms with van der Waals surface area (Å²) in [5.74, 6) is 0.891. The van der Waals surface area contributed by atoms with E-state index in [4.69, 9.17) is 9.47 Å². The number of benzene rings is 1. The smallest absolute Gasteiger partial charge is 0.119 e. The van der Waals surface area contributed by atoms with Crippen molar-refractivity contribution < 1.29 is 9.47 Å². The lowest BCUT2D eigenvalue weighted by molar-refractivity contribution is 0.0384. The number of ether oxygens (including phenoxy) is 2. The summed E-state index contributed by atoms with van der Waals surface area (Å²) in [4.78, 5) is 2.43. The predicted octanol–water partition coefficient (Wildman–Crippen LogP) is 2.52. The summed E-state index contributed by atoms with van der Waals surface area (Å²) < 4.78 is 10.8. The van der Waals surface area contributed by atoms with E-state index in [1.54, 1.807) is 6.08 Å². The zero-order valence-corrected chi connectivity index (χ0v) is 14.5. The standard InChI is InChI=1S/C16H24N2O2.2ClH/c1-2-11-20-16-5-3-15(4-6-16)14-17-7-8-18-9-12-19-13-10-18;;/h2-6,17H,1,7-14H2;2*1H. The molecule has 0 radical (unpaired) electrons. The van der Waals surface area contributed by atoms with Crippen molar-refractivity contribution in [3.8, 4) is 5.75 Å². The number of morpholine rings is 1. The van der Waals surface area contributed by atoms with Gasteiger partial charge in [-0.15, -0.1) is 24.8 Å². The molecule has 0 saturated carbocycles. The third-order valence-corrected chi connectivity index (χ3v) is 3.33. The lowest BCUT2D eigenvalue weighted by Crippen LogP contribution is -2.40. The average Bonchev–Trinajstić information content (AvgIpc) is 2.52. The molecule has 0 unspecified atom stereocenters. The summed E-state index contributed by atoms with van der Waals surface area (Å²) >= 11 is 0. The van der Waals surface area contributed by atoms with E-state index >= 15 is 0 Å². The van der Waals surface area contributed by atoms with Crippen LogP contribution < -0.4 is 10.1 Å². The minimum atomic E-state index is 0. The van der Waals surface area contributed by atoms with Crippen molar-refractivity contribution in [1.29, 1.82) is 0 Å². The summed E-state index contributed by atoms with van der Waals surface area (Å²) in [5, 5.41) is 3.47. The van der Waals surface area contributed by atoms with Gasteiger partial charge in [-0.2, -0.15) is 0 Å². The first-order valence-electron chi connectivity index (χ1n) is 7.22. The largest absolute Gasteiger partial charge is 0.490 e. The maximum absolute atomic E-state index is 5.46. The Hall–Kier alpha value is -0.780. The second-order valence-corrected chi connectivity index (χ2v) is 4.87. The van der Waals surface area contributed by atoms with E-state index in [1.807, 2.05) is 12.1 Å². The van der Waals surface area contributed by atoms with E-state index in [2.05, 4.69) is 28.9 Å². The van der Waals surface area contributed by atoms with Crippen molar-refractivity contribution in [2.75, 3.05) is 46.0 Å². The van der Waals surface area contributed by atoms with Gasteiger partial charge in [0.15, 0.2) is 0 Å². The number of hydrogen-bond acceptors (Lipinski definition) is 4. The highest BCUT2D eigenvalue weighted by Crippen LogP contribution is 2.11. The molecule has 1 fully saturated rings. The normalized spacial score (nSPS) is 14.5. The summed E-state index contributed by atoms with van der Waals surface area (Å²) in [6.07, 6.45) is 1.75. The van der Waals surface area contributed by atoms with Gasteiger partial charge in [-0.1, -0.05) is 24.8 Å². The van der Waals surface area contributed by atoms with E-state index in [-0.39, 0.29) is 24.8 Å². The van der Waals surface area contributed by atoms with Gasteiger partial charge in [0.05, 0.1) is 13.2 Å². The van der Waals surface area contributed by atoms with Gasteiger partial charge in [0.1, 0.15) is 12.4 Å². The molecule has 0 bridgehead atoms. The molecule has 6 heteroatoms. The van der Waals surface area contributed by atoms with E-state index in [9.17, 15) is 0 Å². The minimum absolute atomic E-state index is 0. The molecule has 1 N–H and O–H groups in total. The van der Waals surface area contributed by atoms with E-state index in [0.29, 0.717) is 6.61 Å². The zero-order chi connectivity index (χ0) is 14.0. The number of halogens is 2. The fraction of sp³-hybridized carbons (Fsp3) is 0.500. The van der Waals surface area contributed by atoms with Crippen LogP contribution in [0.4, 0.5) is 0 Å². The van der Waals surface area contributed by atoms with Crippen molar-refractivity contribution in [3.63, 3.8) is 0 Å². The number of rotatable bonds is 8. The Morgan fingerprint density at radius 1 is 1.18 bits per heavy atom. The number of nitrogens with zero attached hydrogens (tertiary/aromatic N) is 1. The maximum Gasteiger partial charge on any atom is 0.119 e. The molecule has 0 aromatic heterocycles. The molecule has 126 valence electrons. The Morgan fingerprint density at radius 2 is 1.86 bits per heavy atom. The Bertz CT molecular complexity index is 396. The lowest BCUT2D eigenvalue weighted by Gasteiger charge is -2.26. The first kappa shape index (κ1) is 21.2. The fourth-order valence-electron chi connectivity index (χ4n) is 2.15. The third-order valence-electron chi connectivity index (χ3n) is 3.33. The van der Waals surface area contributed by atoms with Gasteiger partial charge in [-0.3, -0.25) is 4.90 Å². The molecule has 1 aliphatic heterocycles. The molecule has 1 saturated heterocycles. The van der Waals surface area contributed by atoms with Crippen LogP contribution in [0.15, 0.2) is 36.9 Å². The molecule has 1 aromatic carbocycles. The number of nitrogens with one attached hydrogen (secondary N) is 1. The van der Waals surface area contributed by atoms with Crippen molar-refractivity contribution in [2.24, 2.45) is 0 Å². The highest BCUT2D eigenvalue weighted by molar-refractivity contribution is 5.85. The number of hydrogen-bond donors (Lipinski definition) is 1.